The molecule has 2 aromatic rings. The Labute approximate surface area is 147 Å². The molecule has 1 aliphatic heterocycles. The lowest BCUT2D eigenvalue weighted by atomic mass is 9.96. The fraction of sp³-hybridized carbons (Fsp3) is 0.421. The molecule has 2 heterocycles. The number of carbonyl (C=O) groups excluding carboxylic acids is 1. The van der Waals surface area contributed by atoms with E-state index in [4.69, 9.17) is 0 Å². The first-order valence-corrected chi connectivity index (χ1v) is 8.61. The van der Waals surface area contributed by atoms with E-state index in [1.807, 2.05) is 32.0 Å². The predicted molar refractivity (Wildman–Crippen MR) is 95.2 cm³/mol. The quantitative estimate of drug-likeness (QED) is 0.928. The van der Waals surface area contributed by atoms with Crippen molar-refractivity contribution in [2.24, 2.45) is 5.92 Å². The molecule has 0 unspecified atom stereocenters. The second kappa shape index (κ2) is 7.59. The molecule has 1 fully saturated rings. The zero-order valence-corrected chi connectivity index (χ0v) is 14.6. The van der Waals surface area contributed by atoms with Crippen molar-refractivity contribution in [1.82, 2.24) is 15.3 Å². The molecule has 0 radical (unpaired) electrons. The van der Waals surface area contributed by atoms with Crippen LogP contribution in [0, 0.1) is 25.6 Å². The molecular formula is C19H23FN4O. The summed E-state index contributed by atoms with van der Waals surface area (Å²) in [5.41, 5.74) is 2.90. The average Bonchev–Trinajstić information content (AvgIpc) is 2.61. The number of nitrogens with zero attached hydrogens (tertiary/aromatic N) is 3. The molecule has 3 rings (SSSR count). The average molecular weight is 342 g/mol. The van der Waals surface area contributed by atoms with Crippen LogP contribution < -0.4 is 10.2 Å². The Balaban J connectivity index is 1.49. The van der Waals surface area contributed by atoms with E-state index in [-0.39, 0.29) is 5.91 Å². The number of piperidine rings is 1. The number of aromatic nitrogens is 2. The molecule has 0 saturated carbocycles. The third-order valence-electron chi connectivity index (χ3n) is 4.68. The van der Waals surface area contributed by atoms with E-state index < -0.39 is 5.82 Å². The fourth-order valence-electron chi connectivity index (χ4n) is 3.21. The summed E-state index contributed by atoms with van der Waals surface area (Å²) in [7, 11) is 0. The molecule has 0 aliphatic carbocycles. The van der Waals surface area contributed by atoms with Crippen molar-refractivity contribution < 1.29 is 9.18 Å². The van der Waals surface area contributed by atoms with Gasteiger partial charge >= 0.3 is 0 Å². The smallest absolute Gasteiger partial charge is 0.251 e. The topological polar surface area (TPSA) is 58.1 Å². The Bertz CT molecular complexity index is 740. The summed E-state index contributed by atoms with van der Waals surface area (Å²) in [6, 6.07) is 5.87. The van der Waals surface area contributed by atoms with Crippen LogP contribution in [0.4, 0.5) is 10.3 Å². The number of nitrogens with one attached hydrogen (secondary N) is 1. The summed E-state index contributed by atoms with van der Waals surface area (Å²) in [6.07, 6.45) is 4.29. The number of aryl methyl sites for hydroxylation is 2. The Morgan fingerprint density at radius 1 is 1.24 bits per heavy atom. The summed E-state index contributed by atoms with van der Waals surface area (Å²) in [5, 5.41) is 3.05. The Hall–Kier alpha value is -2.50. The SMILES string of the molecule is Cc1ccc(C(=O)NCC2CCN(c3ncc(F)cn3)CC2)c(C)c1. The number of halogens is 1. The Morgan fingerprint density at radius 2 is 1.92 bits per heavy atom. The molecule has 0 spiro atoms. The van der Waals surface area contributed by atoms with Crippen molar-refractivity contribution in [1.29, 1.82) is 0 Å². The van der Waals surface area contributed by atoms with Gasteiger partial charge in [-0.3, -0.25) is 4.79 Å². The molecule has 132 valence electrons. The third kappa shape index (κ3) is 4.32. The maximum absolute atomic E-state index is 12.9. The minimum absolute atomic E-state index is 0.0122. The van der Waals surface area contributed by atoms with Gasteiger partial charge in [-0.05, 0) is 44.2 Å². The van der Waals surface area contributed by atoms with Gasteiger partial charge in [0.1, 0.15) is 0 Å². The van der Waals surface area contributed by atoms with Crippen LogP contribution in [0.15, 0.2) is 30.6 Å². The van der Waals surface area contributed by atoms with Crippen molar-refractivity contribution in [2.45, 2.75) is 26.7 Å². The maximum Gasteiger partial charge on any atom is 0.251 e. The van der Waals surface area contributed by atoms with E-state index in [2.05, 4.69) is 20.2 Å². The van der Waals surface area contributed by atoms with Gasteiger partial charge in [-0.1, -0.05) is 17.7 Å². The Morgan fingerprint density at radius 3 is 2.56 bits per heavy atom. The van der Waals surface area contributed by atoms with Gasteiger partial charge in [-0.25, -0.2) is 14.4 Å². The van der Waals surface area contributed by atoms with Crippen molar-refractivity contribution in [3.63, 3.8) is 0 Å². The lowest BCUT2D eigenvalue weighted by Crippen LogP contribution is -2.39. The number of hydrogen-bond donors (Lipinski definition) is 1. The first kappa shape index (κ1) is 17.3. The van der Waals surface area contributed by atoms with Gasteiger partial charge in [0, 0.05) is 25.2 Å². The molecule has 5 nitrogen and oxygen atoms in total. The van der Waals surface area contributed by atoms with Crippen molar-refractivity contribution in [3.8, 4) is 0 Å². The van der Waals surface area contributed by atoms with Crippen molar-refractivity contribution in [2.75, 3.05) is 24.5 Å². The number of benzene rings is 1. The summed E-state index contributed by atoms with van der Waals surface area (Å²) in [4.78, 5) is 22.5. The third-order valence-corrected chi connectivity index (χ3v) is 4.68. The van der Waals surface area contributed by atoms with E-state index in [1.165, 1.54) is 12.4 Å². The van der Waals surface area contributed by atoms with Crippen LogP contribution in [0.3, 0.4) is 0 Å². The second-order valence-corrected chi connectivity index (χ2v) is 6.66. The van der Waals surface area contributed by atoms with Gasteiger partial charge in [-0.2, -0.15) is 0 Å². The van der Waals surface area contributed by atoms with Gasteiger partial charge in [0.05, 0.1) is 12.4 Å². The predicted octanol–water partition coefficient (Wildman–Crippen LogP) is 2.88. The molecule has 1 aliphatic rings. The van der Waals surface area contributed by atoms with Crippen LogP contribution in [0.2, 0.25) is 0 Å². The number of hydrogen-bond acceptors (Lipinski definition) is 4. The monoisotopic (exact) mass is 342 g/mol. The summed E-state index contributed by atoms with van der Waals surface area (Å²) >= 11 is 0. The van der Waals surface area contributed by atoms with Gasteiger partial charge in [0.15, 0.2) is 5.82 Å². The minimum Gasteiger partial charge on any atom is -0.352 e. The van der Waals surface area contributed by atoms with Crippen LogP contribution >= 0.6 is 0 Å². The highest BCUT2D eigenvalue weighted by atomic mass is 19.1. The molecule has 1 aromatic carbocycles. The molecule has 0 bridgehead atoms. The number of carbonyl (C=O) groups is 1. The van der Waals surface area contributed by atoms with Crippen LogP contribution in [0.5, 0.6) is 0 Å². The molecule has 6 heteroatoms. The standard InChI is InChI=1S/C19H23FN4O/c1-13-3-4-17(14(2)9-13)18(25)21-10-15-5-7-24(8-6-15)19-22-11-16(20)12-23-19/h3-4,9,11-12,15H,5-8,10H2,1-2H3,(H,21,25). The van der Waals surface area contributed by atoms with Gasteiger partial charge < -0.3 is 10.2 Å². The number of amides is 1. The zero-order valence-electron chi connectivity index (χ0n) is 14.6. The normalized spacial score (nSPS) is 15.2. The molecule has 25 heavy (non-hydrogen) atoms. The largest absolute Gasteiger partial charge is 0.352 e. The van der Waals surface area contributed by atoms with E-state index >= 15 is 0 Å². The van der Waals surface area contributed by atoms with Crippen molar-refractivity contribution in [3.05, 3.63) is 53.1 Å². The van der Waals surface area contributed by atoms with E-state index in [9.17, 15) is 9.18 Å². The summed E-state index contributed by atoms with van der Waals surface area (Å²) in [5.74, 6) is 0.570. The molecule has 1 aromatic heterocycles. The highest BCUT2D eigenvalue weighted by molar-refractivity contribution is 5.95. The van der Waals surface area contributed by atoms with Crippen molar-refractivity contribution >= 4 is 11.9 Å². The highest BCUT2D eigenvalue weighted by Gasteiger charge is 2.21. The molecular weight excluding hydrogens is 319 g/mol. The van der Waals surface area contributed by atoms with E-state index in [1.54, 1.807) is 0 Å². The maximum atomic E-state index is 12.9. The summed E-state index contributed by atoms with van der Waals surface area (Å²) in [6.45, 7) is 6.28. The molecule has 1 saturated heterocycles. The van der Waals surface area contributed by atoms with E-state index in [0.717, 1.165) is 42.6 Å². The van der Waals surface area contributed by atoms with Crippen LogP contribution in [-0.4, -0.2) is 35.5 Å². The molecule has 1 amide bonds. The molecule has 1 N–H and O–H groups in total. The fourth-order valence-corrected chi connectivity index (χ4v) is 3.21. The van der Waals surface area contributed by atoms with Crippen LogP contribution in [0.1, 0.15) is 34.3 Å². The zero-order chi connectivity index (χ0) is 17.8. The number of rotatable bonds is 4. The van der Waals surface area contributed by atoms with Gasteiger partial charge in [0.25, 0.3) is 5.91 Å². The Kier molecular flexibility index (Phi) is 5.26. The second-order valence-electron chi connectivity index (χ2n) is 6.66. The highest BCUT2D eigenvalue weighted by Crippen LogP contribution is 2.20. The lowest BCUT2D eigenvalue weighted by molar-refractivity contribution is 0.0944. The van der Waals surface area contributed by atoms with Gasteiger partial charge in [0.2, 0.25) is 5.95 Å². The van der Waals surface area contributed by atoms with Crippen LogP contribution in [-0.2, 0) is 0 Å². The minimum atomic E-state index is -0.423. The molecule has 0 atom stereocenters. The number of anilines is 1. The van der Waals surface area contributed by atoms with Gasteiger partial charge in [-0.15, -0.1) is 0 Å². The van der Waals surface area contributed by atoms with E-state index in [0.29, 0.717) is 18.4 Å². The summed E-state index contributed by atoms with van der Waals surface area (Å²) < 4.78 is 12.9. The lowest BCUT2D eigenvalue weighted by Gasteiger charge is -2.32. The first-order valence-electron chi connectivity index (χ1n) is 8.61. The van der Waals surface area contributed by atoms with Crippen LogP contribution in [0.25, 0.3) is 0 Å². The first-order chi connectivity index (χ1) is 12.0.